The van der Waals surface area contributed by atoms with Crippen LogP contribution < -0.4 is 22.9 Å². The highest BCUT2D eigenvalue weighted by atomic mass is 16.1. The van der Waals surface area contributed by atoms with E-state index in [-0.39, 0.29) is 28.5 Å². The van der Waals surface area contributed by atoms with E-state index < -0.39 is 5.78 Å². The van der Waals surface area contributed by atoms with E-state index in [9.17, 15) is 4.79 Å². The normalized spacial score (nSPS) is 15.9. The number of Topliss-reactive ketones (excluding diaryl/α,β-unsaturated/α-hetero) is 1. The van der Waals surface area contributed by atoms with Gasteiger partial charge < -0.3 is 22.9 Å². The van der Waals surface area contributed by atoms with Crippen molar-refractivity contribution in [2.24, 2.45) is 27.9 Å². The number of para-hydroxylation sites is 1. The van der Waals surface area contributed by atoms with Gasteiger partial charge in [0, 0.05) is 0 Å². The van der Waals surface area contributed by atoms with Crippen LogP contribution in [0.3, 0.4) is 0 Å². The van der Waals surface area contributed by atoms with Crippen molar-refractivity contribution in [3.8, 4) is 0 Å². The maximum atomic E-state index is 11.7. The molecule has 6 heteroatoms. The highest BCUT2D eigenvalue weighted by Crippen LogP contribution is 2.26. The largest absolute Gasteiger partial charge is 0.395 e. The summed E-state index contributed by atoms with van der Waals surface area (Å²) >= 11 is 0. The Hall–Kier alpha value is -2.76. The molecule has 1 aliphatic carbocycles. The molecule has 0 saturated heterocycles. The lowest BCUT2D eigenvalue weighted by molar-refractivity contribution is -0.112. The molecule has 1 aromatic rings. The Kier molecular flexibility index (Phi) is 3.23. The van der Waals surface area contributed by atoms with Gasteiger partial charge in [-0.25, -0.2) is 4.99 Å². The van der Waals surface area contributed by atoms with Crippen molar-refractivity contribution in [1.29, 1.82) is 0 Å². The molecule has 0 amide bonds. The van der Waals surface area contributed by atoms with Gasteiger partial charge in [-0.15, -0.1) is 0 Å². The summed E-state index contributed by atoms with van der Waals surface area (Å²) in [4.78, 5) is 16.2. The van der Waals surface area contributed by atoms with Crippen LogP contribution in [0.2, 0.25) is 0 Å². The molecule has 0 aliphatic heterocycles. The molecule has 0 bridgehead atoms. The lowest BCUT2D eigenvalue weighted by Gasteiger charge is -2.18. The van der Waals surface area contributed by atoms with Gasteiger partial charge in [0.05, 0.1) is 17.1 Å². The summed E-state index contributed by atoms with van der Waals surface area (Å²) in [6.07, 6.45) is 0. The SMILES string of the molecule is Cc1cccc(C)c1N=C1C(N)=C(N)C(=O)C(N)=C1N. The van der Waals surface area contributed by atoms with E-state index in [0.29, 0.717) is 0 Å². The summed E-state index contributed by atoms with van der Waals surface area (Å²) < 4.78 is 0. The summed E-state index contributed by atoms with van der Waals surface area (Å²) in [7, 11) is 0. The Bertz CT molecular complexity index is 647. The maximum absolute atomic E-state index is 11.7. The number of hydrogen-bond acceptors (Lipinski definition) is 6. The first-order chi connectivity index (χ1) is 9.34. The number of aryl methyl sites for hydroxylation is 2. The molecular formula is C14H17N5O. The molecular weight excluding hydrogens is 254 g/mol. The molecule has 0 aromatic heterocycles. The molecule has 2 rings (SSSR count). The topological polar surface area (TPSA) is 134 Å². The van der Waals surface area contributed by atoms with Crippen LogP contribution in [0, 0.1) is 13.8 Å². The molecule has 0 heterocycles. The number of carbonyl (C=O) groups is 1. The van der Waals surface area contributed by atoms with Gasteiger partial charge in [0.1, 0.15) is 17.1 Å². The van der Waals surface area contributed by atoms with E-state index in [0.717, 1.165) is 16.8 Å². The number of carbonyl (C=O) groups excluding carboxylic acids is 1. The third-order valence-corrected chi connectivity index (χ3v) is 3.24. The number of hydrogen-bond donors (Lipinski definition) is 4. The number of nitrogens with zero attached hydrogens (tertiary/aromatic N) is 1. The van der Waals surface area contributed by atoms with Gasteiger partial charge in [0.25, 0.3) is 0 Å². The summed E-state index contributed by atoms with van der Waals surface area (Å²) in [5, 5.41) is 0. The minimum atomic E-state index is -0.555. The minimum absolute atomic E-state index is 0.0596. The van der Waals surface area contributed by atoms with Gasteiger partial charge in [-0.3, -0.25) is 4.79 Å². The van der Waals surface area contributed by atoms with Crippen LogP contribution in [0.25, 0.3) is 0 Å². The molecule has 1 aromatic carbocycles. The molecule has 1 aliphatic rings. The van der Waals surface area contributed by atoms with Crippen molar-refractivity contribution in [3.05, 3.63) is 52.1 Å². The third-order valence-electron chi connectivity index (χ3n) is 3.24. The van der Waals surface area contributed by atoms with Gasteiger partial charge in [-0.1, -0.05) is 18.2 Å². The summed E-state index contributed by atoms with van der Waals surface area (Å²) in [5.74, 6) is -0.555. The van der Waals surface area contributed by atoms with E-state index in [4.69, 9.17) is 22.9 Å². The summed E-state index contributed by atoms with van der Waals surface area (Å²) in [6.45, 7) is 3.85. The molecule has 0 atom stereocenters. The molecule has 0 radical (unpaired) electrons. The first-order valence-electron chi connectivity index (χ1n) is 6.05. The Morgan fingerprint density at radius 3 is 1.75 bits per heavy atom. The van der Waals surface area contributed by atoms with Crippen molar-refractivity contribution in [2.75, 3.05) is 0 Å². The van der Waals surface area contributed by atoms with E-state index in [1.54, 1.807) is 0 Å². The Morgan fingerprint density at radius 1 is 0.850 bits per heavy atom. The Morgan fingerprint density at radius 2 is 1.30 bits per heavy atom. The van der Waals surface area contributed by atoms with Crippen molar-refractivity contribution in [3.63, 3.8) is 0 Å². The molecule has 0 spiro atoms. The third kappa shape index (κ3) is 2.01. The van der Waals surface area contributed by atoms with Crippen LogP contribution >= 0.6 is 0 Å². The minimum Gasteiger partial charge on any atom is -0.395 e. The second-order valence-corrected chi connectivity index (χ2v) is 4.68. The second-order valence-electron chi connectivity index (χ2n) is 4.68. The Balaban J connectivity index is 2.68. The van der Waals surface area contributed by atoms with E-state index in [1.165, 1.54) is 0 Å². The average molecular weight is 271 g/mol. The maximum Gasteiger partial charge on any atom is 0.228 e. The zero-order chi connectivity index (χ0) is 15.0. The summed E-state index contributed by atoms with van der Waals surface area (Å²) in [6, 6.07) is 5.78. The number of nitrogens with two attached hydrogens (primary N) is 4. The van der Waals surface area contributed by atoms with Crippen molar-refractivity contribution >= 4 is 17.2 Å². The van der Waals surface area contributed by atoms with Crippen molar-refractivity contribution in [1.82, 2.24) is 0 Å². The monoisotopic (exact) mass is 271 g/mol. The average Bonchev–Trinajstić information content (AvgIpc) is 2.42. The van der Waals surface area contributed by atoms with Crippen molar-refractivity contribution in [2.45, 2.75) is 13.8 Å². The standard InChI is InChI=1S/C14H17N5O/c1-6-4-3-5-7(2)12(6)19-13-8(15)10(17)14(20)11(18)9(13)16/h3-5H,15-18H2,1-2H3. The molecule has 8 N–H and O–H groups in total. The van der Waals surface area contributed by atoms with Gasteiger partial charge in [0.15, 0.2) is 0 Å². The van der Waals surface area contributed by atoms with Crippen molar-refractivity contribution < 1.29 is 4.79 Å². The molecule has 0 fully saturated rings. The fourth-order valence-electron chi connectivity index (χ4n) is 2.00. The van der Waals surface area contributed by atoms with Crippen LogP contribution in [0.5, 0.6) is 0 Å². The van der Waals surface area contributed by atoms with Crippen LogP contribution in [0.1, 0.15) is 11.1 Å². The molecule has 0 unspecified atom stereocenters. The van der Waals surface area contributed by atoms with Gasteiger partial charge in [-0.05, 0) is 25.0 Å². The number of benzene rings is 1. The second kappa shape index (κ2) is 4.73. The lowest BCUT2D eigenvalue weighted by Crippen LogP contribution is -2.37. The van der Waals surface area contributed by atoms with E-state index >= 15 is 0 Å². The highest BCUT2D eigenvalue weighted by molar-refractivity contribution is 6.26. The highest BCUT2D eigenvalue weighted by Gasteiger charge is 2.27. The number of aliphatic imine (C=N–C) groups is 1. The molecule has 0 saturated carbocycles. The van der Waals surface area contributed by atoms with Crippen LogP contribution in [-0.2, 0) is 4.79 Å². The first-order valence-corrected chi connectivity index (χ1v) is 6.05. The molecule has 6 nitrogen and oxygen atoms in total. The van der Waals surface area contributed by atoms with E-state index in [1.807, 2.05) is 32.0 Å². The zero-order valence-electron chi connectivity index (χ0n) is 11.4. The fraction of sp³-hybridized carbons (Fsp3) is 0.143. The lowest BCUT2D eigenvalue weighted by atomic mass is 9.99. The fourth-order valence-corrected chi connectivity index (χ4v) is 2.00. The van der Waals surface area contributed by atoms with E-state index in [2.05, 4.69) is 4.99 Å². The molecule has 104 valence electrons. The quantitative estimate of drug-likeness (QED) is 0.542. The zero-order valence-corrected chi connectivity index (χ0v) is 11.4. The predicted molar refractivity (Wildman–Crippen MR) is 78.8 cm³/mol. The van der Waals surface area contributed by atoms with Gasteiger partial charge >= 0.3 is 0 Å². The van der Waals surface area contributed by atoms with Crippen LogP contribution in [0.4, 0.5) is 5.69 Å². The molecule has 20 heavy (non-hydrogen) atoms. The summed E-state index contributed by atoms with van der Waals surface area (Å²) in [5.41, 5.74) is 25.8. The number of rotatable bonds is 1. The van der Waals surface area contributed by atoms with Crippen LogP contribution in [0.15, 0.2) is 46.0 Å². The Labute approximate surface area is 116 Å². The number of ketones is 1. The predicted octanol–water partition coefficient (Wildman–Crippen LogP) is 0.217. The van der Waals surface area contributed by atoms with Gasteiger partial charge in [-0.2, -0.15) is 0 Å². The van der Waals surface area contributed by atoms with Crippen LogP contribution in [-0.4, -0.2) is 11.5 Å². The smallest absolute Gasteiger partial charge is 0.228 e. The van der Waals surface area contributed by atoms with Gasteiger partial charge in [0.2, 0.25) is 5.78 Å². The first kappa shape index (κ1) is 13.7.